The molecule has 0 atom stereocenters. The van der Waals surface area contributed by atoms with Gasteiger partial charge in [0.25, 0.3) is 5.91 Å². The first-order valence-corrected chi connectivity index (χ1v) is 7.11. The first-order chi connectivity index (χ1) is 8.70. The number of benzene rings is 2. The van der Waals surface area contributed by atoms with Crippen LogP contribution in [-0.2, 0) is 0 Å². The van der Waals surface area contributed by atoms with E-state index in [0.717, 1.165) is 5.69 Å². The highest BCUT2D eigenvalue weighted by Crippen LogP contribution is 2.19. The minimum Gasteiger partial charge on any atom is -0.322 e. The van der Waals surface area contributed by atoms with Gasteiger partial charge < -0.3 is 5.32 Å². The van der Waals surface area contributed by atoms with Gasteiger partial charge in [0.05, 0.1) is 5.56 Å². The van der Waals surface area contributed by atoms with Gasteiger partial charge in [-0.2, -0.15) is 0 Å². The molecule has 18 heavy (non-hydrogen) atoms. The number of thiol groups is 1. The Labute approximate surface area is 116 Å². The Bertz CT molecular complexity index is 552. The van der Waals surface area contributed by atoms with Gasteiger partial charge in [0, 0.05) is 15.5 Å². The Morgan fingerprint density at radius 3 is 2.39 bits per heavy atom. The molecule has 0 aliphatic heterocycles. The Hall–Kier alpha value is -1.39. The van der Waals surface area contributed by atoms with Crippen molar-refractivity contribution in [3.8, 4) is 0 Å². The van der Waals surface area contributed by atoms with Crippen LogP contribution in [0.4, 0.5) is 5.69 Å². The van der Waals surface area contributed by atoms with E-state index in [9.17, 15) is 4.79 Å². The van der Waals surface area contributed by atoms with Gasteiger partial charge >= 0.3 is 0 Å². The monoisotopic (exact) mass is 275 g/mol. The van der Waals surface area contributed by atoms with E-state index < -0.39 is 0 Å². The van der Waals surface area contributed by atoms with Crippen molar-refractivity contribution in [3.05, 3.63) is 54.1 Å². The summed E-state index contributed by atoms with van der Waals surface area (Å²) in [5.74, 6) is -0.141. The number of amides is 1. The molecule has 0 unspecified atom stereocenters. The van der Waals surface area contributed by atoms with Crippen LogP contribution in [0.3, 0.4) is 0 Å². The molecule has 2 aromatic carbocycles. The summed E-state index contributed by atoms with van der Waals surface area (Å²) < 4.78 is 0. The molecule has 2 nitrogen and oxygen atoms in total. The van der Waals surface area contributed by atoms with Crippen molar-refractivity contribution in [2.45, 2.75) is 9.79 Å². The molecule has 0 bridgehead atoms. The first kappa shape index (κ1) is 13.1. The summed E-state index contributed by atoms with van der Waals surface area (Å²) >= 11 is 5.94. The lowest BCUT2D eigenvalue weighted by atomic mass is 10.2. The molecule has 0 aromatic heterocycles. The predicted molar refractivity (Wildman–Crippen MR) is 79.9 cm³/mol. The van der Waals surface area contributed by atoms with Crippen LogP contribution >= 0.6 is 24.4 Å². The second kappa shape index (κ2) is 5.98. The number of carbonyl (C=O) groups excluding carboxylic acids is 1. The van der Waals surface area contributed by atoms with Crippen LogP contribution in [0.2, 0.25) is 0 Å². The summed E-state index contributed by atoms with van der Waals surface area (Å²) in [6.07, 6.45) is 2.02. The number of anilines is 1. The minimum atomic E-state index is -0.141. The van der Waals surface area contributed by atoms with Crippen molar-refractivity contribution in [1.82, 2.24) is 0 Å². The van der Waals surface area contributed by atoms with Crippen LogP contribution in [0.15, 0.2) is 58.3 Å². The third kappa shape index (κ3) is 3.09. The lowest BCUT2D eigenvalue weighted by Crippen LogP contribution is -2.12. The summed E-state index contributed by atoms with van der Waals surface area (Å²) in [5, 5.41) is 2.85. The maximum atomic E-state index is 12.0. The number of thioether (sulfide) groups is 1. The summed E-state index contributed by atoms with van der Waals surface area (Å²) in [4.78, 5) is 13.9. The van der Waals surface area contributed by atoms with Crippen molar-refractivity contribution in [3.63, 3.8) is 0 Å². The largest absolute Gasteiger partial charge is 0.322 e. The van der Waals surface area contributed by atoms with Crippen LogP contribution in [0.5, 0.6) is 0 Å². The summed E-state index contributed by atoms with van der Waals surface area (Å²) in [6, 6.07) is 15.0. The molecular weight excluding hydrogens is 262 g/mol. The van der Waals surface area contributed by atoms with E-state index in [1.54, 1.807) is 23.9 Å². The number of carbonyl (C=O) groups is 1. The van der Waals surface area contributed by atoms with E-state index in [1.807, 2.05) is 42.7 Å². The van der Waals surface area contributed by atoms with Crippen LogP contribution in [0.1, 0.15) is 10.4 Å². The van der Waals surface area contributed by atoms with Gasteiger partial charge in [-0.25, -0.2) is 0 Å². The molecule has 2 rings (SSSR count). The molecule has 2 aromatic rings. The van der Waals surface area contributed by atoms with Crippen molar-refractivity contribution in [1.29, 1.82) is 0 Å². The molecular formula is C14H13NOS2. The molecule has 92 valence electrons. The van der Waals surface area contributed by atoms with Crippen LogP contribution in [0, 0.1) is 0 Å². The van der Waals surface area contributed by atoms with E-state index >= 15 is 0 Å². The molecule has 0 fully saturated rings. The molecule has 1 amide bonds. The molecule has 0 spiro atoms. The van der Waals surface area contributed by atoms with Crippen LogP contribution in [-0.4, -0.2) is 12.2 Å². The highest BCUT2D eigenvalue weighted by Gasteiger charge is 2.08. The first-order valence-electron chi connectivity index (χ1n) is 5.44. The molecule has 0 saturated heterocycles. The van der Waals surface area contributed by atoms with Gasteiger partial charge in [0.15, 0.2) is 0 Å². The second-order valence-corrected chi connectivity index (χ2v) is 5.06. The zero-order chi connectivity index (χ0) is 13.0. The quantitative estimate of drug-likeness (QED) is 0.656. The molecule has 0 aliphatic carbocycles. The van der Waals surface area contributed by atoms with E-state index in [2.05, 4.69) is 17.9 Å². The highest BCUT2D eigenvalue weighted by molar-refractivity contribution is 7.98. The molecule has 1 N–H and O–H groups in total. The number of nitrogens with one attached hydrogen (secondary N) is 1. The fourth-order valence-corrected chi connectivity index (χ4v) is 2.21. The van der Waals surface area contributed by atoms with E-state index in [4.69, 9.17) is 0 Å². The van der Waals surface area contributed by atoms with Crippen molar-refractivity contribution in [2.24, 2.45) is 0 Å². The van der Waals surface area contributed by atoms with Gasteiger partial charge in [0.1, 0.15) is 0 Å². The molecule has 4 heteroatoms. The molecule has 0 aliphatic rings. The van der Waals surface area contributed by atoms with Gasteiger partial charge in [-0.15, -0.1) is 24.4 Å². The standard InChI is InChI=1S/C14H13NOS2/c1-18-11-8-6-10(7-9-11)15-14(16)12-4-2-3-5-13(12)17/h2-9,17H,1H3,(H,15,16). The van der Waals surface area contributed by atoms with Gasteiger partial charge in [-0.05, 0) is 42.7 Å². The maximum absolute atomic E-state index is 12.0. The van der Waals surface area contributed by atoms with E-state index in [0.29, 0.717) is 10.5 Å². The Morgan fingerprint density at radius 1 is 1.11 bits per heavy atom. The highest BCUT2D eigenvalue weighted by atomic mass is 32.2. The topological polar surface area (TPSA) is 29.1 Å². The molecule has 0 radical (unpaired) electrons. The summed E-state index contributed by atoms with van der Waals surface area (Å²) in [5.41, 5.74) is 1.36. The SMILES string of the molecule is CSc1ccc(NC(=O)c2ccccc2S)cc1. The normalized spacial score (nSPS) is 10.1. The van der Waals surface area contributed by atoms with Crippen molar-refractivity contribution >= 4 is 36.0 Å². The van der Waals surface area contributed by atoms with E-state index in [1.165, 1.54) is 4.90 Å². The lowest BCUT2D eigenvalue weighted by Gasteiger charge is -2.07. The number of hydrogen-bond donors (Lipinski definition) is 2. The molecule has 0 heterocycles. The fourth-order valence-electron chi connectivity index (χ4n) is 1.54. The molecule has 0 saturated carbocycles. The van der Waals surface area contributed by atoms with E-state index in [-0.39, 0.29) is 5.91 Å². The second-order valence-electron chi connectivity index (χ2n) is 3.70. The Morgan fingerprint density at radius 2 is 1.78 bits per heavy atom. The van der Waals surface area contributed by atoms with Crippen LogP contribution < -0.4 is 5.32 Å². The third-order valence-corrected chi connectivity index (χ3v) is 3.63. The van der Waals surface area contributed by atoms with Gasteiger partial charge in [-0.3, -0.25) is 4.79 Å². The minimum absolute atomic E-state index is 0.141. The summed E-state index contributed by atoms with van der Waals surface area (Å²) in [6.45, 7) is 0. The maximum Gasteiger partial charge on any atom is 0.256 e. The average molecular weight is 275 g/mol. The Balaban J connectivity index is 2.14. The Kier molecular flexibility index (Phi) is 4.33. The summed E-state index contributed by atoms with van der Waals surface area (Å²) in [7, 11) is 0. The van der Waals surface area contributed by atoms with Crippen LogP contribution in [0.25, 0.3) is 0 Å². The smallest absolute Gasteiger partial charge is 0.256 e. The number of rotatable bonds is 3. The predicted octanol–water partition coefficient (Wildman–Crippen LogP) is 3.95. The zero-order valence-electron chi connectivity index (χ0n) is 9.88. The zero-order valence-corrected chi connectivity index (χ0v) is 11.6. The van der Waals surface area contributed by atoms with Crippen molar-refractivity contribution in [2.75, 3.05) is 11.6 Å². The number of hydrogen-bond acceptors (Lipinski definition) is 3. The fraction of sp³-hybridized carbons (Fsp3) is 0.0714. The third-order valence-electron chi connectivity index (χ3n) is 2.50. The van der Waals surface area contributed by atoms with Gasteiger partial charge in [-0.1, -0.05) is 12.1 Å². The lowest BCUT2D eigenvalue weighted by molar-refractivity contribution is 0.102. The van der Waals surface area contributed by atoms with Crippen molar-refractivity contribution < 1.29 is 4.79 Å². The van der Waals surface area contributed by atoms with Gasteiger partial charge in [0.2, 0.25) is 0 Å². The average Bonchev–Trinajstić information content (AvgIpc) is 2.40.